The van der Waals surface area contributed by atoms with Crippen molar-refractivity contribution in [1.29, 1.82) is 0 Å². The molecule has 0 aliphatic carbocycles. The number of hydrogen-bond acceptors (Lipinski definition) is 4. The standard InChI is InChI=1S/C17H15F3N2O3S/c18-17(19,20)12-3-1-2-10(6-12)15-21-13(9-26-15)7-14(23)22-5-4-11(8-22)16(24)25/h1-3,6,9,11H,4-5,7-8H2,(H,24,25)/t11-/m1/s1. The first kappa shape index (κ1) is 18.4. The van der Waals surface area contributed by atoms with E-state index in [0.29, 0.717) is 29.2 Å². The molecule has 9 heteroatoms. The maximum absolute atomic E-state index is 12.8. The van der Waals surface area contributed by atoms with Gasteiger partial charge in [-0.15, -0.1) is 11.3 Å². The summed E-state index contributed by atoms with van der Waals surface area (Å²) in [5.41, 5.74) is 0.0569. The number of carboxylic acid groups (broad SMARTS) is 1. The van der Waals surface area contributed by atoms with Crippen LogP contribution in [0.1, 0.15) is 17.7 Å². The summed E-state index contributed by atoms with van der Waals surface area (Å²) < 4.78 is 38.4. The second kappa shape index (κ2) is 7.06. The highest BCUT2D eigenvalue weighted by Crippen LogP contribution is 2.33. The van der Waals surface area contributed by atoms with Crippen molar-refractivity contribution in [3.05, 3.63) is 40.9 Å². The van der Waals surface area contributed by atoms with Gasteiger partial charge in [0.2, 0.25) is 5.91 Å². The molecule has 2 aromatic rings. The van der Waals surface area contributed by atoms with Gasteiger partial charge < -0.3 is 10.0 Å². The summed E-state index contributed by atoms with van der Waals surface area (Å²) in [6.07, 6.45) is -4.00. The van der Waals surface area contributed by atoms with Gasteiger partial charge in [-0.3, -0.25) is 9.59 Å². The number of halogens is 3. The molecular formula is C17H15F3N2O3S. The van der Waals surface area contributed by atoms with Gasteiger partial charge in [-0.2, -0.15) is 13.2 Å². The van der Waals surface area contributed by atoms with Gasteiger partial charge in [0.25, 0.3) is 0 Å². The molecule has 1 aromatic carbocycles. The summed E-state index contributed by atoms with van der Waals surface area (Å²) in [4.78, 5) is 29.0. The molecule has 3 rings (SSSR count). The zero-order chi connectivity index (χ0) is 18.9. The Kier molecular flexibility index (Phi) is 4.99. The number of carbonyl (C=O) groups is 2. The third-order valence-electron chi connectivity index (χ3n) is 4.21. The number of nitrogens with zero attached hydrogens (tertiary/aromatic N) is 2. The molecule has 26 heavy (non-hydrogen) atoms. The highest BCUT2D eigenvalue weighted by atomic mass is 32.1. The molecule has 1 fully saturated rings. The lowest BCUT2D eigenvalue weighted by molar-refractivity contribution is -0.141. The summed E-state index contributed by atoms with van der Waals surface area (Å²) in [6, 6.07) is 4.88. The van der Waals surface area contributed by atoms with Crippen LogP contribution in [0, 0.1) is 5.92 Å². The quantitative estimate of drug-likeness (QED) is 0.878. The Morgan fingerprint density at radius 2 is 2.12 bits per heavy atom. The Morgan fingerprint density at radius 3 is 2.77 bits per heavy atom. The molecule has 5 nitrogen and oxygen atoms in total. The normalized spacial score (nSPS) is 17.5. The van der Waals surface area contributed by atoms with Crippen molar-refractivity contribution >= 4 is 23.2 Å². The minimum absolute atomic E-state index is 0.00179. The molecular weight excluding hydrogens is 369 g/mol. The fourth-order valence-corrected chi connectivity index (χ4v) is 3.62. The van der Waals surface area contributed by atoms with E-state index in [4.69, 9.17) is 5.11 Å². The van der Waals surface area contributed by atoms with Gasteiger partial charge in [0.05, 0.1) is 23.6 Å². The molecule has 0 unspecified atom stereocenters. The van der Waals surface area contributed by atoms with Crippen molar-refractivity contribution in [2.24, 2.45) is 5.92 Å². The van der Waals surface area contributed by atoms with E-state index in [-0.39, 0.29) is 18.9 Å². The van der Waals surface area contributed by atoms with Gasteiger partial charge in [0.1, 0.15) is 5.01 Å². The van der Waals surface area contributed by atoms with Crippen LogP contribution in [0.5, 0.6) is 0 Å². The molecule has 1 N–H and O–H groups in total. The minimum atomic E-state index is -4.43. The fourth-order valence-electron chi connectivity index (χ4n) is 2.80. The Balaban J connectivity index is 1.69. The molecule has 0 saturated carbocycles. The van der Waals surface area contributed by atoms with Crippen LogP contribution < -0.4 is 0 Å². The topological polar surface area (TPSA) is 70.5 Å². The monoisotopic (exact) mass is 384 g/mol. The highest BCUT2D eigenvalue weighted by Gasteiger charge is 2.32. The number of hydrogen-bond donors (Lipinski definition) is 1. The minimum Gasteiger partial charge on any atom is -0.481 e. The predicted octanol–water partition coefficient (Wildman–Crippen LogP) is 3.30. The van der Waals surface area contributed by atoms with E-state index in [1.807, 2.05) is 0 Å². The number of rotatable bonds is 4. The molecule has 138 valence electrons. The number of alkyl halides is 3. The van der Waals surface area contributed by atoms with Gasteiger partial charge >= 0.3 is 12.1 Å². The summed E-state index contributed by atoms with van der Waals surface area (Å²) in [5, 5.41) is 11.0. The van der Waals surface area contributed by atoms with Crippen LogP contribution in [-0.2, 0) is 22.2 Å². The van der Waals surface area contributed by atoms with Crippen LogP contribution in [0.25, 0.3) is 10.6 Å². The molecule has 0 spiro atoms. The number of amides is 1. The smallest absolute Gasteiger partial charge is 0.416 e. The van der Waals surface area contributed by atoms with Crippen LogP contribution in [0.4, 0.5) is 13.2 Å². The number of carbonyl (C=O) groups excluding carboxylic acids is 1. The molecule has 1 aliphatic rings. The lowest BCUT2D eigenvalue weighted by Crippen LogP contribution is -2.31. The van der Waals surface area contributed by atoms with E-state index in [9.17, 15) is 22.8 Å². The average molecular weight is 384 g/mol. The van der Waals surface area contributed by atoms with Crippen LogP contribution in [0.3, 0.4) is 0 Å². The van der Waals surface area contributed by atoms with Gasteiger partial charge in [-0.1, -0.05) is 12.1 Å². The van der Waals surface area contributed by atoms with E-state index in [1.54, 1.807) is 5.38 Å². The van der Waals surface area contributed by atoms with Crippen molar-refractivity contribution in [3.8, 4) is 10.6 Å². The molecule has 0 radical (unpaired) electrons. The molecule has 2 heterocycles. The van der Waals surface area contributed by atoms with Gasteiger partial charge in [-0.05, 0) is 18.6 Å². The van der Waals surface area contributed by atoms with Crippen LogP contribution >= 0.6 is 11.3 Å². The summed E-state index contributed by atoms with van der Waals surface area (Å²) in [7, 11) is 0. The number of likely N-dealkylation sites (tertiary alicyclic amines) is 1. The van der Waals surface area contributed by atoms with Crippen LogP contribution in [-0.4, -0.2) is 40.0 Å². The summed E-state index contributed by atoms with van der Waals surface area (Å²) in [6.45, 7) is 0.569. The molecule has 1 atom stereocenters. The summed E-state index contributed by atoms with van der Waals surface area (Å²) >= 11 is 1.17. The van der Waals surface area contributed by atoms with E-state index < -0.39 is 23.6 Å². The van der Waals surface area contributed by atoms with E-state index >= 15 is 0 Å². The third-order valence-corrected chi connectivity index (χ3v) is 5.15. The number of aromatic nitrogens is 1. The highest BCUT2D eigenvalue weighted by molar-refractivity contribution is 7.13. The van der Waals surface area contributed by atoms with Crippen molar-refractivity contribution in [1.82, 2.24) is 9.88 Å². The molecule has 0 bridgehead atoms. The summed E-state index contributed by atoms with van der Waals surface area (Å²) in [5.74, 6) is -1.69. The lowest BCUT2D eigenvalue weighted by Gasteiger charge is -2.14. The number of benzene rings is 1. The SMILES string of the molecule is O=C(O)[C@@H]1CCN(C(=O)Cc2csc(-c3cccc(C(F)(F)F)c3)n2)C1. The Labute approximate surface area is 151 Å². The number of aliphatic carboxylic acids is 1. The first-order valence-corrected chi connectivity index (χ1v) is 8.74. The number of thiazole rings is 1. The number of carboxylic acids is 1. The van der Waals surface area contributed by atoms with Crippen molar-refractivity contribution in [2.75, 3.05) is 13.1 Å². The maximum atomic E-state index is 12.8. The van der Waals surface area contributed by atoms with E-state index in [0.717, 1.165) is 12.1 Å². The van der Waals surface area contributed by atoms with Crippen LogP contribution in [0.2, 0.25) is 0 Å². The fraction of sp³-hybridized carbons (Fsp3) is 0.353. The Bertz CT molecular complexity index is 835. The molecule has 1 amide bonds. The molecule has 1 aliphatic heterocycles. The second-order valence-corrected chi connectivity index (χ2v) is 6.92. The largest absolute Gasteiger partial charge is 0.481 e. The van der Waals surface area contributed by atoms with E-state index in [2.05, 4.69) is 4.98 Å². The first-order valence-electron chi connectivity index (χ1n) is 7.86. The predicted molar refractivity (Wildman–Crippen MR) is 88.6 cm³/mol. The third kappa shape index (κ3) is 4.04. The molecule has 1 aromatic heterocycles. The molecule has 1 saturated heterocycles. The first-order chi connectivity index (χ1) is 12.2. The van der Waals surface area contributed by atoms with Crippen molar-refractivity contribution < 1.29 is 27.9 Å². The zero-order valence-corrected chi connectivity index (χ0v) is 14.3. The zero-order valence-electron chi connectivity index (χ0n) is 13.5. The Morgan fingerprint density at radius 1 is 1.35 bits per heavy atom. The maximum Gasteiger partial charge on any atom is 0.416 e. The van der Waals surface area contributed by atoms with Gasteiger partial charge in [0, 0.05) is 24.0 Å². The van der Waals surface area contributed by atoms with Gasteiger partial charge in [-0.25, -0.2) is 4.98 Å². The van der Waals surface area contributed by atoms with Crippen LogP contribution in [0.15, 0.2) is 29.6 Å². The van der Waals surface area contributed by atoms with Crippen molar-refractivity contribution in [3.63, 3.8) is 0 Å². The average Bonchev–Trinajstić information content (AvgIpc) is 3.23. The van der Waals surface area contributed by atoms with E-state index in [1.165, 1.54) is 28.4 Å². The second-order valence-electron chi connectivity index (χ2n) is 6.06. The lowest BCUT2D eigenvalue weighted by atomic mass is 10.1. The van der Waals surface area contributed by atoms with Crippen molar-refractivity contribution in [2.45, 2.75) is 19.0 Å². The Hall–Kier alpha value is -2.42. The van der Waals surface area contributed by atoms with Gasteiger partial charge in [0.15, 0.2) is 0 Å².